The summed E-state index contributed by atoms with van der Waals surface area (Å²) < 4.78 is 5.29. The third-order valence-corrected chi connectivity index (χ3v) is 3.86. The SMILES string of the molecule is COc1ccc(C)cc1NC(=O)CNc1cccc2ccccc12. The third-order valence-electron chi connectivity index (χ3n) is 3.86. The molecule has 0 fully saturated rings. The number of aryl methyl sites for hydroxylation is 1. The Labute approximate surface area is 141 Å². The Bertz CT molecular complexity index is 869. The van der Waals surface area contributed by atoms with Gasteiger partial charge in [0.05, 0.1) is 19.3 Å². The van der Waals surface area contributed by atoms with Gasteiger partial charge in [0.15, 0.2) is 0 Å². The summed E-state index contributed by atoms with van der Waals surface area (Å²) in [6, 6.07) is 19.8. The number of benzene rings is 3. The zero-order valence-electron chi connectivity index (χ0n) is 13.8. The Morgan fingerprint density at radius 3 is 2.62 bits per heavy atom. The van der Waals surface area contributed by atoms with Gasteiger partial charge in [-0.1, -0.05) is 42.5 Å². The van der Waals surface area contributed by atoms with Crippen LogP contribution in [-0.2, 0) is 4.79 Å². The van der Waals surface area contributed by atoms with E-state index in [9.17, 15) is 4.79 Å². The molecule has 2 N–H and O–H groups in total. The van der Waals surface area contributed by atoms with Crippen LogP contribution in [-0.4, -0.2) is 19.6 Å². The van der Waals surface area contributed by atoms with Crippen LogP contribution >= 0.6 is 0 Å². The largest absolute Gasteiger partial charge is 0.495 e. The molecule has 0 atom stereocenters. The molecule has 1 amide bonds. The highest BCUT2D eigenvalue weighted by Crippen LogP contribution is 2.25. The monoisotopic (exact) mass is 320 g/mol. The van der Waals surface area contributed by atoms with Gasteiger partial charge in [-0.15, -0.1) is 0 Å². The van der Waals surface area contributed by atoms with E-state index in [1.807, 2.05) is 55.5 Å². The zero-order chi connectivity index (χ0) is 16.9. The predicted molar refractivity (Wildman–Crippen MR) is 98.8 cm³/mol. The third kappa shape index (κ3) is 3.49. The molecular formula is C20H20N2O2. The van der Waals surface area contributed by atoms with E-state index in [0.29, 0.717) is 11.4 Å². The fraction of sp³-hybridized carbons (Fsp3) is 0.150. The smallest absolute Gasteiger partial charge is 0.243 e. The lowest BCUT2D eigenvalue weighted by atomic mass is 10.1. The highest BCUT2D eigenvalue weighted by molar-refractivity contribution is 5.98. The number of anilines is 2. The standard InChI is InChI=1S/C20H20N2O2/c1-14-10-11-19(24-2)18(12-14)22-20(23)13-21-17-9-5-7-15-6-3-4-8-16(15)17/h3-12,21H,13H2,1-2H3,(H,22,23). The van der Waals surface area contributed by atoms with Crippen LogP contribution in [0.3, 0.4) is 0 Å². The average molecular weight is 320 g/mol. The topological polar surface area (TPSA) is 50.4 Å². The molecule has 0 aliphatic carbocycles. The molecule has 0 saturated carbocycles. The van der Waals surface area contributed by atoms with Gasteiger partial charge in [0, 0.05) is 11.1 Å². The number of ether oxygens (including phenoxy) is 1. The Kier molecular flexibility index (Phi) is 4.66. The van der Waals surface area contributed by atoms with Gasteiger partial charge in [-0.25, -0.2) is 0 Å². The number of nitrogens with one attached hydrogen (secondary N) is 2. The quantitative estimate of drug-likeness (QED) is 0.740. The summed E-state index contributed by atoms with van der Waals surface area (Å²) in [6.45, 7) is 2.16. The van der Waals surface area contributed by atoms with Gasteiger partial charge in [0.2, 0.25) is 5.91 Å². The number of amides is 1. The first-order valence-corrected chi connectivity index (χ1v) is 7.83. The number of hydrogen-bond donors (Lipinski definition) is 2. The second kappa shape index (κ2) is 7.04. The molecule has 0 saturated heterocycles. The highest BCUT2D eigenvalue weighted by atomic mass is 16.5. The molecule has 3 aromatic rings. The van der Waals surface area contributed by atoms with E-state index >= 15 is 0 Å². The summed E-state index contributed by atoms with van der Waals surface area (Å²) in [7, 11) is 1.59. The van der Waals surface area contributed by atoms with Crippen molar-refractivity contribution in [3.8, 4) is 5.75 Å². The van der Waals surface area contributed by atoms with Gasteiger partial charge in [0.25, 0.3) is 0 Å². The lowest BCUT2D eigenvalue weighted by Gasteiger charge is -2.13. The van der Waals surface area contributed by atoms with Crippen LogP contribution in [0.25, 0.3) is 10.8 Å². The van der Waals surface area contributed by atoms with Crippen LogP contribution < -0.4 is 15.4 Å². The molecule has 0 aliphatic rings. The number of hydrogen-bond acceptors (Lipinski definition) is 3. The second-order valence-corrected chi connectivity index (χ2v) is 5.63. The molecule has 3 aromatic carbocycles. The number of carbonyl (C=O) groups is 1. The summed E-state index contributed by atoms with van der Waals surface area (Å²) in [5, 5.41) is 8.34. The Hall–Kier alpha value is -3.01. The summed E-state index contributed by atoms with van der Waals surface area (Å²) in [5.41, 5.74) is 2.69. The van der Waals surface area contributed by atoms with Crippen molar-refractivity contribution in [1.82, 2.24) is 0 Å². The molecule has 3 rings (SSSR count). The molecule has 24 heavy (non-hydrogen) atoms. The Morgan fingerprint density at radius 1 is 1.00 bits per heavy atom. The molecule has 0 aliphatic heterocycles. The van der Waals surface area contributed by atoms with E-state index in [-0.39, 0.29) is 12.5 Å². The van der Waals surface area contributed by atoms with E-state index in [0.717, 1.165) is 22.0 Å². The normalized spacial score (nSPS) is 10.4. The molecular weight excluding hydrogens is 300 g/mol. The average Bonchev–Trinajstić information content (AvgIpc) is 2.60. The minimum absolute atomic E-state index is 0.119. The van der Waals surface area contributed by atoms with Crippen molar-refractivity contribution in [1.29, 1.82) is 0 Å². The van der Waals surface area contributed by atoms with E-state index in [1.165, 1.54) is 0 Å². The first-order chi connectivity index (χ1) is 11.7. The van der Waals surface area contributed by atoms with Gasteiger partial charge in [-0.05, 0) is 36.1 Å². The van der Waals surface area contributed by atoms with Gasteiger partial charge in [0.1, 0.15) is 5.75 Å². The molecule has 0 spiro atoms. The minimum Gasteiger partial charge on any atom is -0.495 e. The summed E-state index contributed by atoms with van der Waals surface area (Å²) in [4.78, 5) is 12.3. The van der Waals surface area contributed by atoms with Crippen LogP contribution in [0.5, 0.6) is 5.75 Å². The lowest BCUT2D eigenvalue weighted by molar-refractivity contribution is -0.114. The molecule has 122 valence electrons. The fourth-order valence-corrected chi connectivity index (χ4v) is 2.67. The van der Waals surface area contributed by atoms with Crippen molar-refractivity contribution in [3.05, 3.63) is 66.2 Å². The molecule has 0 radical (unpaired) electrons. The van der Waals surface area contributed by atoms with E-state index in [4.69, 9.17) is 4.74 Å². The summed E-state index contributed by atoms with van der Waals surface area (Å²) in [5.74, 6) is 0.533. The number of carbonyl (C=O) groups excluding carboxylic acids is 1. The number of rotatable bonds is 5. The van der Waals surface area contributed by atoms with E-state index in [2.05, 4.69) is 22.8 Å². The van der Waals surface area contributed by atoms with Gasteiger partial charge < -0.3 is 15.4 Å². The van der Waals surface area contributed by atoms with Crippen LogP contribution in [0.15, 0.2) is 60.7 Å². The first-order valence-electron chi connectivity index (χ1n) is 7.83. The predicted octanol–water partition coefficient (Wildman–Crippen LogP) is 4.21. The van der Waals surface area contributed by atoms with Crippen molar-refractivity contribution in [2.45, 2.75) is 6.92 Å². The molecule has 0 aromatic heterocycles. The number of fused-ring (bicyclic) bond motifs is 1. The van der Waals surface area contributed by atoms with E-state index in [1.54, 1.807) is 7.11 Å². The lowest BCUT2D eigenvalue weighted by Crippen LogP contribution is -2.22. The van der Waals surface area contributed by atoms with Crippen LogP contribution in [0.2, 0.25) is 0 Å². The van der Waals surface area contributed by atoms with Crippen molar-refractivity contribution < 1.29 is 9.53 Å². The molecule has 0 bridgehead atoms. The molecule has 0 heterocycles. The Morgan fingerprint density at radius 2 is 1.79 bits per heavy atom. The zero-order valence-corrected chi connectivity index (χ0v) is 13.8. The van der Waals surface area contributed by atoms with Crippen molar-refractivity contribution >= 4 is 28.1 Å². The maximum absolute atomic E-state index is 12.3. The fourth-order valence-electron chi connectivity index (χ4n) is 2.67. The summed E-state index contributed by atoms with van der Waals surface area (Å²) >= 11 is 0. The van der Waals surface area contributed by atoms with E-state index < -0.39 is 0 Å². The van der Waals surface area contributed by atoms with Gasteiger partial charge in [-0.3, -0.25) is 4.79 Å². The van der Waals surface area contributed by atoms with Gasteiger partial charge in [-0.2, -0.15) is 0 Å². The van der Waals surface area contributed by atoms with Crippen molar-refractivity contribution in [3.63, 3.8) is 0 Å². The molecule has 4 heteroatoms. The summed E-state index contributed by atoms with van der Waals surface area (Å²) in [6.07, 6.45) is 0. The number of methoxy groups -OCH3 is 1. The van der Waals surface area contributed by atoms with Crippen molar-refractivity contribution in [2.24, 2.45) is 0 Å². The minimum atomic E-state index is -0.119. The van der Waals surface area contributed by atoms with Crippen LogP contribution in [0.1, 0.15) is 5.56 Å². The molecule has 4 nitrogen and oxygen atoms in total. The maximum Gasteiger partial charge on any atom is 0.243 e. The second-order valence-electron chi connectivity index (χ2n) is 5.63. The van der Waals surface area contributed by atoms with Crippen molar-refractivity contribution in [2.75, 3.05) is 24.3 Å². The first kappa shape index (κ1) is 15.9. The Balaban J connectivity index is 1.71. The highest BCUT2D eigenvalue weighted by Gasteiger charge is 2.08. The molecule has 0 unspecified atom stereocenters. The van der Waals surface area contributed by atoms with Crippen LogP contribution in [0, 0.1) is 6.92 Å². The van der Waals surface area contributed by atoms with Crippen LogP contribution in [0.4, 0.5) is 11.4 Å². The van der Waals surface area contributed by atoms with Gasteiger partial charge >= 0.3 is 0 Å². The maximum atomic E-state index is 12.3.